The highest BCUT2D eigenvalue weighted by molar-refractivity contribution is 5.95. The van der Waals surface area contributed by atoms with E-state index < -0.39 is 0 Å². The first-order valence-electron chi connectivity index (χ1n) is 13.9. The molecule has 6 nitrogen and oxygen atoms in total. The molecule has 1 atom stereocenters. The van der Waals surface area contributed by atoms with Crippen LogP contribution >= 0.6 is 0 Å². The first-order valence-corrected chi connectivity index (χ1v) is 13.9. The van der Waals surface area contributed by atoms with E-state index in [-0.39, 0.29) is 25.1 Å². The van der Waals surface area contributed by atoms with E-state index in [1.165, 1.54) is 0 Å². The molecule has 0 bridgehead atoms. The third kappa shape index (κ3) is 5.32. The Morgan fingerprint density at radius 2 is 1.75 bits per heavy atom. The molecular formula is C34H37N3O3. The second kappa shape index (κ2) is 11.9. The first kappa shape index (κ1) is 27.4. The zero-order valence-corrected chi connectivity index (χ0v) is 24.0. The van der Waals surface area contributed by atoms with E-state index in [1.54, 1.807) is 12.0 Å². The highest BCUT2D eigenvalue weighted by Crippen LogP contribution is 2.32. The predicted molar refractivity (Wildman–Crippen MR) is 162 cm³/mol. The van der Waals surface area contributed by atoms with Gasteiger partial charge in [0, 0.05) is 12.5 Å². The number of ether oxygens (including phenoxy) is 2. The van der Waals surface area contributed by atoms with Crippen LogP contribution in [0.1, 0.15) is 49.2 Å². The number of methoxy groups -OCH3 is 1. The monoisotopic (exact) mass is 535 g/mol. The minimum Gasteiger partial charge on any atom is -0.497 e. The molecule has 5 aromatic rings. The molecule has 1 amide bonds. The van der Waals surface area contributed by atoms with Gasteiger partial charge >= 0.3 is 0 Å². The van der Waals surface area contributed by atoms with Crippen LogP contribution in [0.4, 0.5) is 5.69 Å². The summed E-state index contributed by atoms with van der Waals surface area (Å²) in [7, 11) is 1.68. The number of fused-ring (bicyclic) bond motifs is 2. The van der Waals surface area contributed by atoms with Gasteiger partial charge in [-0.2, -0.15) is 0 Å². The third-order valence-corrected chi connectivity index (χ3v) is 7.63. The highest BCUT2D eigenvalue weighted by Gasteiger charge is 2.25. The van der Waals surface area contributed by atoms with Gasteiger partial charge in [0.15, 0.2) is 0 Å². The summed E-state index contributed by atoms with van der Waals surface area (Å²) in [5.74, 6) is 1.64. The molecule has 0 aliphatic carbocycles. The number of carbonyl (C=O) groups excluding carboxylic acids is 1. The number of hydrogen-bond donors (Lipinski definition) is 0. The maximum Gasteiger partial charge on any atom is 0.248 e. The zero-order chi connectivity index (χ0) is 28.2. The Bertz CT molecular complexity index is 1660. The number of hydrogen-bond acceptors (Lipinski definition) is 4. The van der Waals surface area contributed by atoms with Crippen molar-refractivity contribution in [1.29, 1.82) is 0 Å². The maximum atomic E-state index is 14.1. The fourth-order valence-corrected chi connectivity index (χ4v) is 5.43. The molecule has 0 aliphatic heterocycles. The van der Waals surface area contributed by atoms with Crippen LogP contribution in [0.2, 0.25) is 0 Å². The number of benzene rings is 4. The number of carbonyl (C=O) groups is 1. The summed E-state index contributed by atoms with van der Waals surface area (Å²) in [6.45, 7) is 9.17. The second-order valence-corrected chi connectivity index (χ2v) is 10.1. The zero-order valence-electron chi connectivity index (χ0n) is 24.0. The van der Waals surface area contributed by atoms with Gasteiger partial charge in [-0.05, 0) is 72.0 Å². The first-order chi connectivity index (χ1) is 19.4. The van der Waals surface area contributed by atoms with Crippen molar-refractivity contribution in [2.45, 2.75) is 46.6 Å². The van der Waals surface area contributed by atoms with Gasteiger partial charge in [-0.25, -0.2) is 4.98 Å². The topological polar surface area (TPSA) is 56.6 Å². The molecule has 0 radical (unpaired) electrons. The lowest BCUT2D eigenvalue weighted by atomic mass is 9.97. The van der Waals surface area contributed by atoms with E-state index >= 15 is 0 Å². The quantitative estimate of drug-likeness (QED) is 0.177. The molecule has 206 valence electrons. The van der Waals surface area contributed by atoms with Gasteiger partial charge in [-0.1, -0.05) is 68.4 Å². The van der Waals surface area contributed by atoms with Gasteiger partial charge in [0.05, 0.1) is 23.8 Å². The summed E-state index contributed by atoms with van der Waals surface area (Å²) < 4.78 is 13.3. The molecule has 1 unspecified atom stereocenters. The van der Waals surface area contributed by atoms with Crippen molar-refractivity contribution in [3.8, 4) is 5.75 Å². The van der Waals surface area contributed by atoms with Crippen LogP contribution in [0.3, 0.4) is 0 Å². The van der Waals surface area contributed by atoms with Gasteiger partial charge in [0.1, 0.15) is 24.8 Å². The van der Waals surface area contributed by atoms with Gasteiger partial charge in [-0.15, -0.1) is 0 Å². The average Bonchev–Trinajstić information content (AvgIpc) is 3.35. The van der Waals surface area contributed by atoms with Crippen molar-refractivity contribution in [1.82, 2.24) is 9.55 Å². The van der Waals surface area contributed by atoms with Crippen molar-refractivity contribution in [3.63, 3.8) is 0 Å². The van der Waals surface area contributed by atoms with Crippen LogP contribution in [-0.2, 0) is 22.5 Å². The van der Waals surface area contributed by atoms with Crippen LogP contribution in [0.5, 0.6) is 5.75 Å². The summed E-state index contributed by atoms with van der Waals surface area (Å²) in [6, 6.07) is 26.8. The normalized spacial score (nSPS) is 12.1. The Morgan fingerprint density at radius 1 is 0.975 bits per heavy atom. The molecule has 1 heterocycles. The molecular weight excluding hydrogens is 498 g/mol. The number of rotatable bonds is 10. The van der Waals surface area contributed by atoms with Gasteiger partial charge in [0.25, 0.3) is 0 Å². The molecule has 4 aromatic carbocycles. The highest BCUT2D eigenvalue weighted by atomic mass is 16.5. The van der Waals surface area contributed by atoms with Crippen molar-refractivity contribution in [2.24, 2.45) is 0 Å². The molecule has 0 fully saturated rings. The van der Waals surface area contributed by atoms with Crippen LogP contribution in [0, 0.1) is 6.92 Å². The number of amides is 1. The lowest BCUT2D eigenvalue weighted by Gasteiger charge is -2.27. The number of aromatic nitrogens is 2. The van der Waals surface area contributed by atoms with Gasteiger partial charge < -0.3 is 14.0 Å². The number of aryl methyl sites for hydroxylation is 2. The van der Waals surface area contributed by atoms with Crippen LogP contribution < -0.4 is 9.64 Å². The van der Waals surface area contributed by atoms with Crippen molar-refractivity contribution >= 4 is 33.4 Å². The molecule has 0 N–H and O–H groups in total. The van der Waals surface area contributed by atoms with E-state index in [1.807, 2.05) is 49.4 Å². The third-order valence-electron chi connectivity index (χ3n) is 7.63. The van der Waals surface area contributed by atoms with E-state index in [4.69, 9.17) is 14.5 Å². The number of nitrogens with zero attached hydrogens (tertiary/aromatic N) is 3. The molecule has 1 aromatic heterocycles. The fourth-order valence-electron chi connectivity index (χ4n) is 5.43. The predicted octanol–water partition coefficient (Wildman–Crippen LogP) is 7.25. The van der Waals surface area contributed by atoms with Crippen molar-refractivity contribution < 1.29 is 14.3 Å². The Balaban J connectivity index is 1.55. The fraction of sp³-hybridized carbons (Fsp3) is 0.294. The molecule has 40 heavy (non-hydrogen) atoms. The summed E-state index contributed by atoms with van der Waals surface area (Å²) >= 11 is 0. The van der Waals surface area contributed by atoms with Crippen LogP contribution in [-0.4, -0.2) is 35.9 Å². The van der Waals surface area contributed by atoms with Crippen molar-refractivity contribution in [3.05, 3.63) is 101 Å². The van der Waals surface area contributed by atoms with E-state index in [9.17, 15) is 4.79 Å². The lowest BCUT2D eigenvalue weighted by molar-refractivity contribution is -0.120. The SMILES string of the molecule is CCOCN(C(=O)Cn1c(C(C)c2ccc3cc(OC)ccc3c2)nc2ccccc21)c1c(C)cccc1CC. The number of anilines is 1. The molecule has 5 rings (SSSR count). The Labute approximate surface area is 236 Å². The van der Waals surface area contributed by atoms with Gasteiger partial charge in [0.2, 0.25) is 5.91 Å². The van der Waals surface area contributed by atoms with Crippen LogP contribution in [0.25, 0.3) is 21.8 Å². The summed E-state index contributed by atoms with van der Waals surface area (Å²) in [5.41, 5.74) is 6.09. The van der Waals surface area contributed by atoms with E-state index in [2.05, 4.69) is 61.7 Å². The summed E-state index contributed by atoms with van der Waals surface area (Å²) in [5, 5.41) is 2.26. The number of imidazole rings is 1. The average molecular weight is 536 g/mol. The Hall–Kier alpha value is -4.16. The Kier molecular flexibility index (Phi) is 8.17. The maximum absolute atomic E-state index is 14.1. The van der Waals surface area contributed by atoms with Crippen molar-refractivity contribution in [2.75, 3.05) is 25.3 Å². The standard InChI is InChI=1S/C34H37N3O3/c1-6-25-12-10-11-23(3)33(25)37(22-40-7-2)32(38)21-36-31-14-9-8-13-30(31)35-34(36)24(4)26-15-16-28-20-29(39-5)18-17-27(28)19-26/h8-20,24H,6-7,21-22H2,1-5H3. The Morgan fingerprint density at radius 3 is 2.52 bits per heavy atom. The second-order valence-electron chi connectivity index (χ2n) is 10.1. The molecule has 6 heteroatoms. The molecule has 0 saturated carbocycles. The lowest BCUT2D eigenvalue weighted by Crippen LogP contribution is -2.37. The van der Waals surface area contributed by atoms with Gasteiger partial charge in [-0.3, -0.25) is 9.69 Å². The van der Waals surface area contributed by atoms with E-state index in [0.29, 0.717) is 6.61 Å². The minimum absolute atomic E-state index is 0.0281. The molecule has 0 aliphatic rings. The molecule has 0 spiro atoms. The summed E-state index contributed by atoms with van der Waals surface area (Å²) in [4.78, 5) is 20.9. The van der Waals surface area contributed by atoms with E-state index in [0.717, 1.165) is 62.2 Å². The van der Waals surface area contributed by atoms with Crippen LogP contribution in [0.15, 0.2) is 78.9 Å². The molecule has 0 saturated heterocycles. The minimum atomic E-state index is -0.0308. The largest absolute Gasteiger partial charge is 0.497 e. The summed E-state index contributed by atoms with van der Waals surface area (Å²) in [6.07, 6.45) is 0.830. The number of para-hydroxylation sites is 3. The smallest absolute Gasteiger partial charge is 0.248 e.